The number of halogens is 3. The number of piperazine rings is 1. The first kappa shape index (κ1) is 21.6. The largest absolute Gasteiger partial charge is 0.322 e. The molecule has 1 N–H and O–H groups in total. The highest BCUT2D eigenvalue weighted by atomic mass is 35.5. The van der Waals surface area contributed by atoms with Crippen LogP contribution in [0.5, 0.6) is 0 Å². The van der Waals surface area contributed by atoms with Crippen molar-refractivity contribution in [1.82, 2.24) is 9.21 Å². The Balaban J connectivity index is 1.79. The number of anilines is 1. The highest BCUT2D eigenvalue weighted by Crippen LogP contribution is 2.24. The van der Waals surface area contributed by atoms with Gasteiger partial charge in [0.05, 0.1) is 15.5 Å². The van der Waals surface area contributed by atoms with Crippen LogP contribution in [0.4, 0.5) is 14.5 Å². The van der Waals surface area contributed by atoms with Crippen LogP contribution in [0.3, 0.4) is 0 Å². The Bertz CT molecular complexity index is 1030. The van der Waals surface area contributed by atoms with Crippen molar-refractivity contribution < 1.29 is 22.0 Å². The standard InChI is InChI=1S/C19H20ClF2N3O3S/c1-2-24-6-8-25(9-7-24)29(27,28)14-5-3-4-13(10-14)23-19(26)15-11-17(21)18(22)12-16(15)20/h3-5,10-12H,2,6-9H2,1H3,(H,23,26). The molecule has 29 heavy (non-hydrogen) atoms. The van der Waals surface area contributed by atoms with Crippen molar-refractivity contribution in [1.29, 1.82) is 0 Å². The second-order valence-electron chi connectivity index (χ2n) is 6.57. The van der Waals surface area contributed by atoms with Crippen molar-refractivity contribution in [3.8, 4) is 0 Å². The van der Waals surface area contributed by atoms with Gasteiger partial charge in [-0.1, -0.05) is 24.6 Å². The highest BCUT2D eigenvalue weighted by Gasteiger charge is 2.28. The van der Waals surface area contributed by atoms with Gasteiger partial charge in [0.15, 0.2) is 11.6 Å². The molecular formula is C19H20ClF2N3O3S. The Hall–Kier alpha value is -2.07. The predicted octanol–water partition coefficient (Wildman–Crippen LogP) is 3.20. The average Bonchev–Trinajstić information content (AvgIpc) is 2.71. The van der Waals surface area contributed by atoms with Crippen LogP contribution in [0.2, 0.25) is 5.02 Å². The van der Waals surface area contributed by atoms with E-state index in [1.165, 1.54) is 28.6 Å². The molecule has 1 aliphatic heterocycles. The van der Waals surface area contributed by atoms with Crippen LogP contribution in [-0.4, -0.2) is 56.3 Å². The lowest BCUT2D eigenvalue weighted by Gasteiger charge is -2.33. The number of hydrogen-bond acceptors (Lipinski definition) is 4. The summed E-state index contributed by atoms with van der Waals surface area (Å²) in [7, 11) is -3.72. The molecule has 6 nitrogen and oxygen atoms in total. The van der Waals surface area contributed by atoms with Crippen LogP contribution in [0.1, 0.15) is 17.3 Å². The summed E-state index contributed by atoms with van der Waals surface area (Å²) in [5.74, 6) is -3.15. The van der Waals surface area contributed by atoms with Gasteiger partial charge in [0.1, 0.15) is 0 Å². The number of benzene rings is 2. The Morgan fingerprint density at radius 2 is 1.76 bits per heavy atom. The number of sulfonamides is 1. The topological polar surface area (TPSA) is 69.7 Å². The fraction of sp³-hybridized carbons (Fsp3) is 0.316. The van der Waals surface area contributed by atoms with Crippen molar-refractivity contribution >= 4 is 33.2 Å². The van der Waals surface area contributed by atoms with Crippen LogP contribution >= 0.6 is 11.6 Å². The number of rotatable bonds is 5. The smallest absolute Gasteiger partial charge is 0.257 e. The summed E-state index contributed by atoms with van der Waals surface area (Å²) in [6, 6.07) is 7.18. The number of carbonyl (C=O) groups excluding carboxylic acids is 1. The third kappa shape index (κ3) is 4.75. The first-order valence-corrected chi connectivity index (χ1v) is 10.8. The summed E-state index contributed by atoms with van der Waals surface area (Å²) in [6.07, 6.45) is 0. The molecule has 1 heterocycles. The van der Waals surface area contributed by atoms with Gasteiger partial charge in [0.25, 0.3) is 5.91 Å². The quantitative estimate of drug-likeness (QED) is 0.720. The van der Waals surface area contributed by atoms with Crippen molar-refractivity contribution in [2.45, 2.75) is 11.8 Å². The number of likely N-dealkylation sites (N-methyl/N-ethyl adjacent to an activating group) is 1. The maximum atomic E-state index is 13.4. The van der Waals surface area contributed by atoms with Crippen LogP contribution in [0.15, 0.2) is 41.3 Å². The minimum absolute atomic E-state index is 0.0385. The van der Waals surface area contributed by atoms with E-state index in [1.54, 1.807) is 0 Å². The summed E-state index contributed by atoms with van der Waals surface area (Å²) in [4.78, 5) is 14.6. The minimum atomic E-state index is -3.72. The Labute approximate surface area is 173 Å². The third-order valence-corrected chi connectivity index (χ3v) is 6.97. The van der Waals surface area contributed by atoms with Crippen molar-refractivity contribution in [3.63, 3.8) is 0 Å². The molecule has 3 rings (SSSR count). The van der Waals surface area contributed by atoms with E-state index in [9.17, 15) is 22.0 Å². The zero-order chi connectivity index (χ0) is 21.2. The van der Waals surface area contributed by atoms with Gasteiger partial charge in [-0.3, -0.25) is 4.79 Å². The maximum Gasteiger partial charge on any atom is 0.257 e. The second-order valence-corrected chi connectivity index (χ2v) is 8.91. The summed E-state index contributed by atoms with van der Waals surface area (Å²) >= 11 is 5.82. The van der Waals surface area contributed by atoms with E-state index < -0.39 is 27.6 Å². The van der Waals surface area contributed by atoms with E-state index >= 15 is 0 Å². The fourth-order valence-electron chi connectivity index (χ4n) is 3.06. The van der Waals surface area contributed by atoms with Gasteiger partial charge >= 0.3 is 0 Å². The predicted molar refractivity (Wildman–Crippen MR) is 107 cm³/mol. The summed E-state index contributed by atoms with van der Waals surface area (Å²) in [5.41, 5.74) is -0.0569. The first-order chi connectivity index (χ1) is 13.7. The normalized spacial score (nSPS) is 16.0. The summed E-state index contributed by atoms with van der Waals surface area (Å²) in [5, 5.41) is 2.22. The van der Waals surface area contributed by atoms with E-state index in [0.29, 0.717) is 38.3 Å². The first-order valence-electron chi connectivity index (χ1n) is 9.01. The molecular weight excluding hydrogens is 424 g/mol. The Kier molecular flexibility index (Phi) is 6.52. The second kappa shape index (κ2) is 8.74. The summed E-state index contributed by atoms with van der Waals surface area (Å²) < 4.78 is 53.9. The lowest BCUT2D eigenvalue weighted by molar-refractivity contribution is 0.102. The molecule has 0 bridgehead atoms. The Morgan fingerprint density at radius 1 is 1.10 bits per heavy atom. The Morgan fingerprint density at radius 3 is 2.41 bits per heavy atom. The third-order valence-electron chi connectivity index (χ3n) is 4.76. The van der Waals surface area contributed by atoms with Crippen LogP contribution < -0.4 is 5.32 Å². The molecule has 2 aromatic rings. The number of nitrogens with one attached hydrogen (secondary N) is 1. The van der Waals surface area contributed by atoms with Gasteiger partial charge in [-0.15, -0.1) is 0 Å². The molecule has 10 heteroatoms. The van der Waals surface area contributed by atoms with Gasteiger partial charge < -0.3 is 10.2 Å². The molecule has 1 fully saturated rings. The number of carbonyl (C=O) groups is 1. The van der Waals surface area contributed by atoms with E-state index in [-0.39, 0.29) is 21.2 Å². The van der Waals surface area contributed by atoms with Crippen LogP contribution in [0, 0.1) is 11.6 Å². The monoisotopic (exact) mass is 443 g/mol. The van der Waals surface area contributed by atoms with Crippen molar-refractivity contribution in [3.05, 3.63) is 58.6 Å². The number of nitrogens with zero attached hydrogens (tertiary/aromatic N) is 2. The van der Waals surface area contributed by atoms with E-state index in [1.807, 2.05) is 6.92 Å². The molecule has 156 valence electrons. The average molecular weight is 444 g/mol. The van der Waals surface area contributed by atoms with Crippen molar-refractivity contribution in [2.75, 3.05) is 38.0 Å². The molecule has 0 unspecified atom stereocenters. The molecule has 0 spiro atoms. The van der Waals surface area contributed by atoms with Crippen LogP contribution in [-0.2, 0) is 10.0 Å². The SMILES string of the molecule is CCN1CCN(S(=O)(=O)c2cccc(NC(=O)c3cc(F)c(F)cc3Cl)c2)CC1. The van der Waals surface area contributed by atoms with E-state index in [4.69, 9.17) is 11.6 Å². The molecule has 2 aromatic carbocycles. The zero-order valence-corrected chi connectivity index (χ0v) is 17.2. The lowest BCUT2D eigenvalue weighted by atomic mass is 10.2. The maximum absolute atomic E-state index is 13.4. The van der Waals surface area contributed by atoms with Gasteiger partial charge in [-0.05, 0) is 36.9 Å². The minimum Gasteiger partial charge on any atom is -0.322 e. The number of amides is 1. The molecule has 1 saturated heterocycles. The van der Waals surface area contributed by atoms with Gasteiger partial charge in [-0.2, -0.15) is 4.31 Å². The van der Waals surface area contributed by atoms with Gasteiger partial charge in [-0.25, -0.2) is 17.2 Å². The van der Waals surface area contributed by atoms with Crippen LogP contribution in [0.25, 0.3) is 0 Å². The molecule has 0 aromatic heterocycles. The van der Waals surface area contributed by atoms with Gasteiger partial charge in [0.2, 0.25) is 10.0 Å². The zero-order valence-electron chi connectivity index (χ0n) is 15.7. The number of hydrogen-bond donors (Lipinski definition) is 1. The van der Waals surface area contributed by atoms with Crippen molar-refractivity contribution in [2.24, 2.45) is 0 Å². The molecule has 0 aliphatic carbocycles. The lowest BCUT2D eigenvalue weighted by Crippen LogP contribution is -2.48. The summed E-state index contributed by atoms with van der Waals surface area (Å²) in [6.45, 7) is 4.97. The molecule has 0 radical (unpaired) electrons. The highest BCUT2D eigenvalue weighted by molar-refractivity contribution is 7.89. The fourth-order valence-corrected chi connectivity index (χ4v) is 4.77. The van der Waals surface area contributed by atoms with E-state index in [0.717, 1.165) is 6.54 Å². The molecule has 0 atom stereocenters. The molecule has 0 saturated carbocycles. The van der Waals surface area contributed by atoms with Gasteiger partial charge in [0, 0.05) is 31.9 Å². The van der Waals surface area contributed by atoms with E-state index in [2.05, 4.69) is 10.2 Å². The molecule has 1 amide bonds. The molecule has 1 aliphatic rings.